The largest absolute Gasteiger partial charge is 0.454 e. The zero-order valence-electron chi connectivity index (χ0n) is 24.4. The summed E-state index contributed by atoms with van der Waals surface area (Å²) in [4.78, 5) is 56.8. The predicted octanol–water partition coefficient (Wildman–Crippen LogP) is 5.48. The van der Waals surface area contributed by atoms with E-state index in [0.717, 1.165) is 11.1 Å². The first kappa shape index (κ1) is 28.7. The van der Waals surface area contributed by atoms with Crippen LogP contribution < -0.4 is 19.7 Å². The molecule has 0 spiro atoms. The highest BCUT2D eigenvalue weighted by Gasteiger charge is 2.39. The highest BCUT2D eigenvalue weighted by molar-refractivity contribution is 6.52. The minimum Gasteiger partial charge on any atom is -0.454 e. The molecule has 222 valence electrons. The van der Waals surface area contributed by atoms with Crippen LogP contribution in [-0.4, -0.2) is 41.7 Å². The molecule has 0 aliphatic carbocycles. The molecule has 4 aromatic carbocycles. The first-order chi connectivity index (χ1) is 21.3. The van der Waals surface area contributed by atoms with Crippen molar-refractivity contribution in [2.45, 2.75) is 32.4 Å². The average Bonchev–Trinajstić information content (AvgIpc) is 3.60. The van der Waals surface area contributed by atoms with Gasteiger partial charge in [-0.2, -0.15) is 0 Å². The number of anilines is 2. The first-order valence-electron chi connectivity index (χ1n) is 14.4. The summed E-state index contributed by atoms with van der Waals surface area (Å²) in [6.45, 7) is 3.93. The van der Waals surface area contributed by atoms with Crippen molar-refractivity contribution in [3.8, 4) is 11.5 Å². The van der Waals surface area contributed by atoms with Gasteiger partial charge in [-0.05, 0) is 46.9 Å². The first-order valence-corrected chi connectivity index (χ1v) is 14.4. The van der Waals surface area contributed by atoms with Gasteiger partial charge in [-0.15, -0.1) is 0 Å². The Morgan fingerprint density at radius 1 is 0.841 bits per heavy atom. The number of nitrogens with one attached hydrogen (secondary N) is 1. The van der Waals surface area contributed by atoms with Crippen molar-refractivity contribution in [3.05, 3.63) is 119 Å². The van der Waals surface area contributed by atoms with E-state index in [1.54, 1.807) is 42.5 Å². The summed E-state index contributed by atoms with van der Waals surface area (Å²) in [7, 11) is 0. The number of Topliss-reactive ketones (excluding diaryl/α,β-unsaturated/α-hetero) is 1. The lowest BCUT2D eigenvalue weighted by molar-refractivity contribution is -0.139. The molecule has 0 unspecified atom stereocenters. The van der Waals surface area contributed by atoms with E-state index in [1.165, 1.54) is 9.80 Å². The molecular weight excluding hydrogens is 558 g/mol. The molecule has 2 aliphatic heterocycles. The van der Waals surface area contributed by atoms with Gasteiger partial charge in [0.2, 0.25) is 12.7 Å². The molecule has 0 radical (unpaired) electrons. The lowest BCUT2D eigenvalue weighted by Gasteiger charge is -2.33. The quantitative estimate of drug-likeness (QED) is 0.260. The Kier molecular flexibility index (Phi) is 7.85. The molecule has 4 aromatic rings. The number of ether oxygens (including phenoxy) is 2. The van der Waals surface area contributed by atoms with Crippen LogP contribution in [0.25, 0.3) is 0 Å². The number of fused-ring (bicyclic) bond motifs is 2. The van der Waals surface area contributed by atoms with E-state index in [1.807, 2.05) is 54.6 Å². The third-order valence-electron chi connectivity index (χ3n) is 7.81. The monoisotopic (exact) mass is 589 g/mol. The Morgan fingerprint density at radius 3 is 2.27 bits per heavy atom. The molecule has 1 N–H and O–H groups in total. The average molecular weight is 590 g/mol. The minimum atomic E-state index is -1.07. The number of benzene rings is 4. The van der Waals surface area contributed by atoms with Gasteiger partial charge in [0.25, 0.3) is 17.6 Å². The van der Waals surface area contributed by atoms with Crippen molar-refractivity contribution in [1.29, 1.82) is 0 Å². The topological polar surface area (TPSA) is 105 Å². The standard InChI is InChI=1S/C35H31N3O6/c1-22(2)24-12-14-25(15-13-24)32(34(41)36-26-16-17-29-30(18-26)44-21-43-29)38(19-23-8-4-3-5-9-23)31(39)20-37-28-11-7-6-10-27(28)33(40)35(37)42/h3-18,22,32H,19-21H2,1-2H3,(H,36,41)/t32-/m0/s1. The molecule has 2 aliphatic rings. The van der Waals surface area contributed by atoms with Crippen LogP contribution in [0.2, 0.25) is 0 Å². The third-order valence-corrected chi connectivity index (χ3v) is 7.81. The van der Waals surface area contributed by atoms with Gasteiger partial charge >= 0.3 is 0 Å². The van der Waals surface area contributed by atoms with Crippen LogP contribution in [-0.2, 0) is 20.9 Å². The van der Waals surface area contributed by atoms with Crippen LogP contribution in [0.3, 0.4) is 0 Å². The molecule has 2 heterocycles. The summed E-state index contributed by atoms with van der Waals surface area (Å²) < 4.78 is 10.9. The summed E-state index contributed by atoms with van der Waals surface area (Å²) >= 11 is 0. The Hall–Kier alpha value is -5.44. The van der Waals surface area contributed by atoms with Gasteiger partial charge in [0, 0.05) is 18.3 Å². The normalized spacial score (nSPS) is 14.0. The van der Waals surface area contributed by atoms with Gasteiger partial charge in [-0.25, -0.2) is 0 Å². The van der Waals surface area contributed by atoms with E-state index < -0.39 is 36.1 Å². The molecule has 0 bridgehead atoms. The third kappa shape index (κ3) is 5.64. The van der Waals surface area contributed by atoms with Gasteiger partial charge < -0.3 is 19.7 Å². The van der Waals surface area contributed by atoms with Crippen molar-refractivity contribution in [1.82, 2.24) is 4.90 Å². The van der Waals surface area contributed by atoms with Crippen molar-refractivity contribution < 1.29 is 28.7 Å². The molecule has 9 nitrogen and oxygen atoms in total. The Bertz CT molecular complexity index is 1740. The van der Waals surface area contributed by atoms with Crippen LogP contribution in [0.5, 0.6) is 11.5 Å². The molecule has 0 fully saturated rings. The Balaban J connectivity index is 1.39. The number of hydrogen-bond donors (Lipinski definition) is 1. The summed E-state index contributed by atoms with van der Waals surface area (Å²) in [5.74, 6) is -1.03. The molecule has 1 atom stereocenters. The van der Waals surface area contributed by atoms with Gasteiger partial charge in [0.15, 0.2) is 11.5 Å². The van der Waals surface area contributed by atoms with Crippen molar-refractivity contribution in [3.63, 3.8) is 0 Å². The van der Waals surface area contributed by atoms with Crippen molar-refractivity contribution >= 4 is 34.9 Å². The SMILES string of the molecule is CC(C)c1ccc([C@@H](C(=O)Nc2ccc3c(c2)OCO3)N(Cc2ccccc2)C(=O)CN2C(=O)C(=O)c3ccccc32)cc1. The second-order valence-electron chi connectivity index (χ2n) is 11.0. The molecular formula is C35H31N3O6. The maximum absolute atomic E-state index is 14.3. The number of rotatable bonds is 9. The number of carbonyl (C=O) groups excluding carboxylic acids is 4. The fourth-order valence-corrected chi connectivity index (χ4v) is 5.46. The molecule has 9 heteroatoms. The van der Waals surface area contributed by atoms with Crippen LogP contribution in [0.15, 0.2) is 97.1 Å². The fraction of sp³-hybridized carbons (Fsp3) is 0.200. The molecule has 6 rings (SSSR count). The lowest BCUT2D eigenvalue weighted by atomic mass is 9.97. The predicted molar refractivity (Wildman–Crippen MR) is 165 cm³/mol. The smallest absolute Gasteiger partial charge is 0.299 e. The Labute approximate surface area is 255 Å². The highest BCUT2D eigenvalue weighted by Crippen LogP contribution is 2.35. The summed E-state index contributed by atoms with van der Waals surface area (Å²) in [5.41, 5.74) is 3.58. The summed E-state index contributed by atoms with van der Waals surface area (Å²) in [6, 6.07) is 27.5. The second kappa shape index (κ2) is 12.0. The fourth-order valence-electron chi connectivity index (χ4n) is 5.46. The van der Waals surface area contributed by atoms with Crippen molar-refractivity contribution in [2.75, 3.05) is 23.6 Å². The van der Waals surface area contributed by atoms with Crippen LogP contribution in [0, 0.1) is 0 Å². The second-order valence-corrected chi connectivity index (χ2v) is 11.0. The molecule has 0 aromatic heterocycles. The molecule has 0 saturated carbocycles. The van der Waals surface area contributed by atoms with E-state index in [4.69, 9.17) is 9.47 Å². The number of ketones is 1. The van der Waals surface area contributed by atoms with Gasteiger partial charge in [-0.3, -0.25) is 24.1 Å². The summed E-state index contributed by atoms with van der Waals surface area (Å²) in [6.07, 6.45) is 0. The van der Waals surface area contributed by atoms with Gasteiger partial charge in [0.05, 0.1) is 11.3 Å². The lowest BCUT2D eigenvalue weighted by Crippen LogP contribution is -2.46. The number of nitrogens with zero attached hydrogens (tertiary/aromatic N) is 2. The number of amides is 3. The van der Waals surface area contributed by atoms with Gasteiger partial charge in [0.1, 0.15) is 12.6 Å². The van der Waals surface area contributed by atoms with Crippen molar-refractivity contribution in [2.24, 2.45) is 0 Å². The van der Waals surface area contributed by atoms with E-state index in [0.29, 0.717) is 28.4 Å². The highest BCUT2D eigenvalue weighted by atomic mass is 16.7. The maximum atomic E-state index is 14.3. The van der Waals surface area contributed by atoms with Crippen LogP contribution >= 0.6 is 0 Å². The zero-order chi connectivity index (χ0) is 30.8. The molecule has 0 saturated heterocycles. The Morgan fingerprint density at radius 2 is 1.52 bits per heavy atom. The number of carbonyl (C=O) groups is 4. The molecule has 44 heavy (non-hydrogen) atoms. The minimum absolute atomic E-state index is 0.0858. The van der Waals surface area contributed by atoms with E-state index >= 15 is 0 Å². The zero-order valence-corrected chi connectivity index (χ0v) is 24.4. The molecule has 3 amide bonds. The van der Waals surface area contributed by atoms with E-state index in [9.17, 15) is 19.2 Å². The van der Waals surface area contributed by atoms with E-state index in [-0.39, 0.29) is 24.8 Å². The van der Waals surface area contributed by atoms with Gasteiger partial charge in [-0.1, -0.05) is 80.6 Å². The van der Waals surface area contributed by atoms with E-state index in [2.05, 4.69) is 19.2 Å². The number of hydrogen-bond acceptors (Lipinski definition) is 6. The van der Waals surface area contributed by atoms with Crippen LogP contribution in [0.1, 0.15) is 52.9 Å². The van der Waals surface area contributed by atoms with Crippen LogP contribution in [0.4, 0.5) is 11.4 Å². The number of para-hydroxylation sites is 1. The maximum Gasteiger partial charge on any atom is 0.299 e. The summed E-state index contributed by atoms with van der Waals surface area (Å²) in [5, 5.41) is 2.95.